The smallest absolute Gasteiger partial charge is 0.339 e. The summed E-state index contributed by atoms with van der Waals surface area (Å²) < 4.78 is 35.9. The number of alkyl halides is 6. The molecule has 156 valence electrons. The zero-order chi connectivity index (χ0) is 21.8. The number of carbonyl (C=O) groups is 1. The lowest BCUT2D eigenvalue weighted by Gasteiger charge is -2.27. The van der Waals surface area contributed by atoms with Gasteiger partial charge in [0.2, 0.25) is 3.79 Å². The molecule has 0 spiro atoms. The summed E-state index contributed by atoms with van der Waals surface area (Å²) in [6, 6.07) is 10.1. The van der Waals surface area contributed by atoms with Crippen LogP contribution >= 0.6 is 58.6 Å². The first kappa shape index (κ1) is 23.8. The van der Waals surface area contributed by atoms with Gasteiger partial charge < -0.3 is 16.0 Å². The Morgan fingerprint density at radius 3 is 1.97 bits per heavy atom. The van der Waals surface area contributed by atoms with Gasteiger partial charge in [-0.3, -0.25) is 4.79 Å². The molecule has 0 heterocycles. The number of rotatable bonds is 4. The van der Waals surface area contributed by atoms with Gasteiger partial charge in [-0.05, 0) is 60.7 Å². The molecule has 0 saturated heterocycles. The van der Waals surface area contributed by atoms with Gasteiger partial charge >= 0.3 is 6.18 Å². The fourth-order valence-corrected chi connectivity index (χ4v) is 2.75. The van der Waals surface area contributed by atoms with Crippen molar-refractivity contribution in [1.82, 2.24) is 10.6 Å². The minimum Gasteiger partial charge on any atom is -0.339 e. The van der Waals surface area contributed by atoms with Crippen molar-refractivity contribution in [3.63, 3.8) is 0 Å². The summed E-state index contributed by atoms with van der Waals surface area (Å²) in [6.45, 7) is 0. The number of nitrogens with one attached hydrogen (secondary N) is 3. The molecule has 12 heteroatoms. The summed E-state index contributed by atoms with van der Waals surface area (Å²) in [4.78, 5) is 12.3. The molecule has 2 aromatic carbocycles. The van der Waals surface area contributed by atoms with Gasteiger partial charge in [0.25, 0.3) is 5.91 Å². The van der Waals surface area contributed by atoms with Crippen LogP contribution in [0.15, 0.2) is 48.5 Å². The van der Waals surface area contributed by atoms with Crippen molar-refractivity contribution in [2.45, 2.75) is 16.1 Å². The second-order valence-corrected chi connectivity index (χ2v) is 8.84. The minimum atomic E-state index is -4.45. The number of halogens is 7. The summed E-state index contributed by atoms with van der Waals surface area (Å²) in [5, 5.41) is 8.09. The summed E-state index contributed by atoms with van der Waals surface area (Å²) in [6.07, 6.45) is -5.70. The molecule has 29 heavy (non-hydrogen) atoms. The van der Waals surface area contributed by atoms with Gasteiger partial charge in [0.15, 0.2) is 5.11 Å². The van der Waals surface area contributed by atoms with E-state index in [4.69, 9.17) is 58.6 Å². The van der Waals surface area contributed by atoms with E-state index in [9.17, 15) is 18.0 Å². The van der Waals surface area contributed by atoms with Crippen molar-refractivity contribution in [2.24, 2.45) is 0 Å². The first-order valence-electron chi connectivity index (χ1n) is 7.74. The van der Waals surface area contributed by atoms with E-state index >= 15 is 0 Å². The molecule has 0 aromatic heterocycles. The number of anilines is 1. The maximum Gasteiger partial charge on any atom is 0.416 e. The average Bonchev–Trinajstić information content (AvgIpc) is 2.60. The number of carbonyl (C=O) groups excluding carboxylic acids is 1. The van der Waals surface area contributed by atoms with E-state index in [1.54, 1.807) is 0 Å². The Balaban J connectivity index is 2.05. The Labute approximate surface area is 189 Å². The first-order chi connectivity index (χ1) is 13.4. The fourth-order valence-electron chi connectivity index (χ4n) is 2.06. The van der Waals surface area contributed by atoms with E-state index in [0.29, 0.717) is 5.02 Å². The highest BCUT2D eigenvalue weighted by atomic mass is 35.6. The van der Waals surface area contributed by atoms with Gasteiger partial charge in [0.1, 0.15) is 6.17 Å². The third-order valence-electron chi connectivity index (χ3n) is 3.45. The van der Waals surface area contributed by atoms with Crippen molar-refractivity contribution >= 4 is 75.3 Å². The maximum atomic E-state index is 12.6. The SMILES string of the molecule is O=C(NC(NC(=S)Nc1ccc(C(F)(F)F)cc1)C(Cl)(Cl)Cl)c1ccc(Cl)cc1. The van der Waals surface area contributed by atoms with Gasteiger partial charge in [0.05, 0.1) is 5.56 Å². The molecule has 1 unspecified atom stereocenters. The van der Waals surface area contributed by atoms with Crippen molar-refractivity contribution in [3.8, 4) is 0 Å². The second-order valence-electron chi connectivity index (χ2n) is 5.63. The molecular formula is C17H12Cl4F3N3OS. The summed E-state index contributed by atoms with van der Waals surface area (Å²) in [5.74, 6) is -0.567. The van der Waals surface area contributed by atoms with Gasteiger partial charge in [-0.2, -0.15) is 13.2 Å². The molecule has 0 aliphatic heterocycles. The van der Waals surface area contributed by atoms with E-state index in [1.807, 2.05) is 0 Å². The zero-order valence-electron chi connectivity index (χ0n) is 14.2. The maximum absolute atomic E-state index is 12.6. The molecule has 4 nitrogen and oxygen atoms in total. The highest BCUT2D eigenvalue weighted by Crippen LogP contribution is 2.31. The van der Waals surface area contributed by atoms with Crippen molar-refractivity contribution in [2.75, 3.05) is 5.32 Å². The van der Waals surface area contributed by atoms with Crippen LogP contribution in [0.3, 0.4) is 0 Å². The van der Waals surface area contributed by atoms with Crippen LogP contribution in [-0.4, -0.2) is 21.0 Å². The van der Waals surface area contributed by atoms with Crippen LogP contribution in [0, 0.1) is 0 Å². The van der Waals surface area contributed by atoms with Gasteiger partial charge in [0, 0.05) is 16.3 Å². The van der Waals surface area contributed by atoms with Crippen LogP contribution in [0.4, 0.5) is 18.9 Å². The van der Waals surface area contributed by atoms with Crippen LogP contribution in [-0.2, 0) is 6.18 Å². The quantitative estimate of drug-likeness (QED) is 0.281. The number of amides is 1. The lowest BCUT2D eigenvalue weighted by Crippen LogP contribution is -2.56. The van der Waals surface area contributed by atoms with Crippen LogP contribution in [0.5, 0.6) is 0 Å². The molecule has 0 aliphatic rings. The standard InChI is InChI=1S/C17H12Cl4F3N3OS/c18-11-5-1-9(2-6-11)13(28)26-14(16(19,20)21)27-15(29)25-12-7-3-10(4-8-12)17(22,23)24/h1-8,14H,(H,26,28)(H2,25,27,29). The molecule has 0 radical (unpaired) electrons. The van der Waals surface area contributed by atoms with Crippen molar-refractivity contribution in [3.05, 3.63) is 64.7 Å². The lowest BCUT2D eigenvalue weighted by atomic mass is 10.2. The van der Waals surface area contributed by atoms with Crippen LogP contribution in [0.1, 0.15) is 15.9 Å². The van der Waals surface area contributed by atoms with E-state index < -0.39 is 27.6 Å². The molecule has 0 bridgehead atoms. The molecule has 1 atom stereocenters. The van der Waals surface area contributed by atoms with E-state index in [0.717, 1.165) is 12.1 Å². The second kappa shape index (κ2) is 9.57. The van der Waals surface area contributed by atoms with Crippen molar-refractivity contribution in [1.29, 1.82) is 0 Å². The Morgan fingerprint density at radius 2 is 1.48 bits per heavy atom. The highest BCUT2D eigenvalue weighted by Gasteiger charge is 2.35. The predicted molar refractivity (Wildman–Crippen MR) is 114 cm³/mol. The molecule has 2 aromatic rings. The van der Waals surface area contributed by atoms with Crippen molar-refractivity contribution < 1.29 is 18.0 Å². The predicted octanol–water partition coefficient (Wildman–Crippen LogP) is 5.77. The molecule has 3 N–H and O–H groups in total. The topological polar surface area (TPSA) is 53.2 Å². The third-order valence-corrected chi connectivity index (χ3v) is 4.58. The van der Waals surface area contributed by atoms with Gasteiger partial charge in [-0.1, -0.05) is 46.4 Å². The highest BCUT2D eigenvalue weighted by molar-refractivity contribution is 7.80. The molecule has 0 aliphatic carbocycles. The Hall–Kier alpha value is -1.45. The van der Waals surface area contributed by atoms with Gasteiger partial charge in [-0.15, -0.1) is 0 Å². The first-order valence-corrected chi connectivity index (χ1v) is 9.66. The van der Waals surface area contributed by atoms with Gasteiger partial charge in [-0.25, -0.2) is 0 Å². The van der Waals surface area contributed by atoms with E-state index in [1.165, 1.54) is 36.4 Å². The molecule has 1 amide bonds. The van der Waals surface area contributed by atoms with E-state index in [-0.39, 0.29) is 16.4 Å². The Morgan fingerprint density at radius 1 is 0.931 bits per heavy atom. The number of thiocarbonyl (C=S) groups is 1. The number of benzene rings is 2. The molecule has 0 saturated carbocycles. The number of hydrogen-bond acceptors (Lipinski definition) is 2. The zero-order valence-corrected chi connectivity index (χ0v) is 18.0. The van der Waals surface area contributed by atoms with Crippen LogP contribution < -0.4 is 16.0 Å². The Bertz CT molecular complexity index is 871. The van der Waals surface area contributed by atoms with E-state index in [2.05, 4.69) is 16.0 Å². The summed E-state index contributed by atoms with van der Waals surface area (Å²) >= 11 is 28.5. The fraction of sp³-hybridized carbons (Fsp3) is 0.176. The normalized spacial score (nSPS) is 12.8. The summed E-state index contributed by atoms with van der Waals surface area (Å²) in [5.41, 5.74) is -0.281. The van der Waals surface area contributed by atoms with Crippen LogP contribution in [0.2, 0.25) is 5.02 Å². The average molecular weight is 505 g/mol. The van der Waals surface area contributed by atoms with Crippen LogP contribution in [0.25, 0.3) is 0 Å². The molecule has 2 rings (SSSR count). The molecular weight excluding hydrogens is 493 g/mol. The third kappa shape index (κ3) is 7.38. The summed E-state index contributed by atoms with van der Waals surface area (Å²) in [7, 11) is 0. The largest absolute Gasteiger partial charge is 0.416 e. The Kier molecular flexibility index (Phi) is 7.86. The minimum absolute atomic E-state index is 0.0857. The lowest BCUT2D eigenvalue weighted by molar-refractivity contribution is -0.137. The number of hydrogen-bond donors (Lipinski definition) is 3. The monoisotopic (exact) mass is 503 g/mol. The molecule has 0 fully saturated rings.